The number of rotatable bonds is 5. The van der Waals surface area contributed by atoms with E-state index in [1.807, 2.05) is 10.6 Å². The molecule has 2 aromatic rings. The number of amides is 3. The van der Waals surface area contributed by atoms with Gasteiger partial charge >= 0.3 is 6.03 Å². The lowest BCUT2D eigenvalue weighted by atomic mass is 9.83. The summed E-state index contributed by atoms with van der Waals surface area (Å²) in [5.74, 6) is 0.131. The summed E-state index contributed by atoms with van der Waals surface area (Å²) in [5.41, 5.74) is 1.91. The van der Waals surface area contributed by atoms with Crippen molar-refractivity contribution in [2.75, 3.05) is 38.7 Å². The molecule has 2 aliphatic rings. The van der Waals surface area contributed by atoms with E-state index >= 15 is 0 Å². The Hall–Kier alpha value is -3.13. The average molecular weight is 410 g/mol. The first-order valence-electron chi connectivity index (χ1n) is 10.2. The number of hydrogen-bond acceptors (Lipinski definition) is 4. The zero-order chi connectivity index (χ0) is 21.1. The number of piperidine rings is 1. The summed E-state index contributed by atoms with van der Waals surface area (Å²) in [4.78, 5) is 39.4. The Labute approximate surface area is 174 Å². The molecule has 3 amide bonds. The van der Waals surface area contributed by atoms with E-state index in [0.717, 1.165) is 12.1 Å². The van der Waals surface area contributed by atoms with Crippen molar-refractivity contribution in [1.82, 2.24) is 14.8 Å². The third kappa shape index (κ3) is 4.09. The van der Waals surface area contributed by atoms with Gasteiger partial charge < -0.3 is 24.8 Å². The summed E-state index contributed by atoms with van der Waals surface area (Å²) in [7, 11) is 1.57. The number of likely N-dealkylation sites (tertiary alicyclic amines) is 1. The number of nitrogens with zero attached hydrogens (tertiary/aromatic N) is 2. The van der Waals surface area contributed by atoms with Gasteiger partial charge in [0, 0.05) is 51.0 Å². The Morgan fingerprint density at radius 2 is 1.93 bits per heavy atom. The molecule has 30 heavy (non-hydrogen) atoms. The molecule has 2 bridgehead atoms. The second-order valence-electron chi connectivity index (χ2n) is 7.83. The predicted molar refractivity (Wildman–Crippen MR) is 113 cm³/mol. The van der Waals surface area contributed by atoms with Crippen molar-refractivity contribution in [3.63, 3.8) is 0 Å². The molecule has 1 aromatic heterocycles. The van der Waals surface area contributed by atoms with E-state index in [0.29, 0.717) is 44.0 Å². The summed E-state index contributed by atoms with van der Waals surface area (Å²) in [6.07, 6.45) is 0.978. The second-order valence-corrected chi connectivity index (χ2v) is 7.83. The number of anilines is 1. The zero-order valence-corrected chi connectivity index (χ0v) is 17.0. The van der Waals surface area contributed by atoms with Crippen molar-refractivity contribution < 1.29 is 14.3 Å². The molecule has 0 aliphatic carbocycles. The largest absolute Gasteiger partial charge is 0.383 e. The SMILES string of the molecule is COCCNC(=O)c1ccccc1NC(=O)N1C[C@H]2C[C@@H](C1)c1cccc(=O)n1C2. The maximum Gasteiger partial charge on any atom is 0.321 e. The van der Waals surface area contributed by atoms with Crippen LogP contribution in [0, 0.1) is 5.92 Å². The third-order valence-corrected chi connectivity index (χ3v) is 5.77. The van der Waals surface area contributed by atoms with Gasteiger partial charge in [-0.25, -0.2) is 4.79 Å². The fourth-order valence-corrected chi connectivity index (χ4v) is 4.41. The molecule has 2 atom stereocenters. The number of para-hydroxylation sites is 1. The molecule has 8 heteroatoms. The normalized spacial score (nSPS) is 19.7. The van der Waals surface area contributed by atoms with Crippen molar-refractivity contribution in [2.24, 2.45) is 5.92 Å². The van der Waals surface area contributed by atoms with Crippen LogP contribution in [0.4, 0.5) is 10.5 Å². The predicted octanol–water partition coefficient (Wildman–Crippen LogP) is 1.88. The molecule has 3 heterocycles. The fourth-order valence-electron chi connectivity index (χ4n) is 4.41. The molecule has 1 aromatic carbocycles. The van der Waals surface area contributed by atoms with Crippen LogP contribution in [0.15, 0.2) is 47.3 Å². The van der Waals surface area contributed by atoms with Crippen LogP contribution in [0.25, 0.3) is 0 Å². The lowest BCUT2D eigenvalue weighted by molar-refractivity contribution is 0.0938. The maximum absolute atomic E-state index is 13.0. The number of nitrogens with one attached hydrogen (secondary N) is 2. The number of ether oxygens (including phenoxy) is 1. The number of hydrogen-bond donors (Lipinski definition) is 2. The Morgan fingerprint density at radius 3 is 2.77 bits per heavy atom. The highest BCUT2D eigenvalue weighted by molar-refractivity contribution is 6.03. The number of aromatic nitrogens is 1. The summed E-state index contributed by atoms with van der Waals surface area (Å²) in [5, 5.41) is 5.68. The van der Waals surface area contributed by atoms with Crippen molar-refractivity contribution in [3.05, 3.63) is 64.1 Å². The van der Waals surface area contributed by atoms with E-state index in [1.54, 1.807) is 48.4 Å². The Morgan fingerprint density at radius 1 is 1.10 bits per heavy atom. The zero-order valence-electron chi connectivity index (χ0n) is 17.0. The van der Waals surface area contributed by atoms with Crippen molar-refractivity contribution in [1.29, 1.82) is 0 Å². The van der Waals surface area contributed by atoms with Crippen LogP contribution in [0.3, 0.4) is 0 Å². The third-order valence-electron chi connectivity index (χ3n) is 5.77. The summed E-state index contributed by atoms with van der Waals surface area (Å²) >= 11 is 0. The van der Waals surface area contributed by atoms with E-state index in [-0.39, 0.29) is 29.3 Å². The standard InChI is InChI=1S/C22H26N4O4/c1-30-10-9-23-21(28)17-5-2-3-6-18(17)24-22(29)25-12-15-11-16(14-25)19-7-4-8-20(27)26(19)13-15/h2-8,15-16H,9-14H2,1H3,(H,23,28)(H,24,29)/t15-,16+/m1/s1. The minimum atomic E-state index is -0.258. The van der Waals surface area contributed by atoms with Gasteiger partial charge in [0.15, 0.2) is 0 Å². The van der Waals surface area contributed by atoms with Gasteiger partial charge in [-0.05, 0) is 30.5 Å². The first-order valence-corrected chi connectivity index (χ1v) is 10.2. The van der Waals surface area contributed by atoms with Gasteiger partial charge in [-0.15, -0.1) is 0 Å². The van der Waals surface area contributed by atoms with Crippen LogP contribution in [-0.2, 0) is 11.3 Å². The van der Waals surface area contributed by atoms with Crippen LogP contribution in [0.1, 0.15) is 28.4 Å². The molecule has 4 rings (SSSR count). The molecule has 0 saturated carbocycles. The van der Waals surface area contributed by atoms with Crippen LogP contribution in [0.2, 0.25) is 0 Å². The molecule has 2 aliphatic heterocycles. The fraction of sp³-hybridized carbons (Fsp3) is 0.409. The van der Waals surface area contributed by atoms with Gasteiger partial charge in [0.05, 0.1) is 17.9 Å². The summed E-state index contributed by atoms with van der Waals surface area (Å²) in [6.45, 7) is 2.58. The summed E-state index contributed by atoms with van der Waals surface area (Å²) < 4.78 is 6.80. The van der Waals surface area contributed by atoms with Crippen LogP contribution < -0.4 is 16.2 Å². The highest BCUT2D eigenvalue weighted by Crippen LogP contribution is 2.35. The van der Waals surface area contributed by atoms with Gasteiger partial charge in [-0.1, -0.05) is 18.2 Å². The number of benzene rings is 1. The lowest BCUT2D eigenvalue weighted by Gasteiger charge is -2.42. The Kier molecular flexibility index (Phi) is 5.85. The molecular formula is C22H26N4O4. The number of fused-ring (bicyclic) bond motifs is 4. The van der Waals surface area contributed by atoms with Gasteiger partial charge in [-0.2, -0.15) is 0 Å². The number of carbonyl (C=O) groups excluding carboxylic acids is 2. The van der Waals surface area contributed by atoms with Crippen LogP contribution in [-0.4, -0.2) is 54.8 Å². The number of pyridine rings is 1. The summed E-state index contributed by atoms with van der Waals surface area (Å²) in [6, 6.07) is 12.1. The number of carbonyl (C=O) groups is 2. The first kappa shape index (κ1) is 20.2. The van der Waals surface area contributed by atoms with E-state index < -0.39 is 0 Å². The molecule has 8 nitrogen and oxygen atoms in total. The van der Waals surface area contributed by atoms with Gasteiger partial charge in [0.25, 0.3) is 11.5 Å². The van der Waals surface area contributed by atoms with Gasteiger partial charge in [0.1, 0.15) is 0 Å². The second kappa shape index (κ2) is 8.71. The van der Waals surface area contributed by atoms with E-state index in [2.05, 4.69) is 10.6 Å². The van der Waals surface area contributed by atoms with Crippen LogP contribution >= 0.6 is 0 Å². The van der Waals surface area contributed by atoms with E-state index in [9.17, 15) is 14.4 Å². The maximum atomic E-state index is 13.0. The van der Waals surface area contributed by atoms with E-state index in [4.69, 9.17) is 4.74 Å². The van der Waals surface area contributed by atoms with Crippen molar-refractivity contribution in [2.45, 2.75) is 18.9 Å². The molecule has 0 spiro atoms. The Bertz CT molecular complexity index is 1000. The molecule has 0 radical (unpaired) electrons. The van der Waals surface area contributed by atoms with Crippen LogP contribution in [0.5, 0.6) is 0 Å². The lowest BCUT2D eigenvalue weighted by Crippen LogP contribution is -2.50. The molecular weight excluding hydrogens is 384 g/mol. The average Bonchev–Trinajstić information content (AvgIpc) is 2.75. The quantitative estimate of drug-likeness (QED) is 0.736. The minimum absolute atomic E-state index is 0.0218. The number of urea groups is 1. The number of methoxy groups -OCH3 is 1. The highest BCUT2D eigenvalue weighted by atomic mass is 16.5. The Balaban J connectivity index is 1.47. The molecule has 1 fully saturated rings. The first-order chi connectivity index (χ1) is 14.6. The molecule has 158 valence electrons. The van der Waals surface area contributed by atoms with Gasteiger partial charge in [-0.3, -0.25) is 9.59 Å². The molecule has 0 unspecified atom stereocenters. The highest BCUT2D eigenvalue weighted by Gasteiger charge is 2.36. The van der Waals surface area contributed by atoms with Gasteiger partial charge in [0.2, 0.25) is 0 Å². The topological polar surface area (TPSA) is 92.7 Å². The molecule has 1 saturated heterocycles. The monoisotopic (exact) mass is 410 g/mol. The molecule has 2 N–H and O–H groups in total. The smallest absolute Gasteiger partial charge is 0.321 e. The van der Waals surface area contributed by atoms with Crippen molar-refractivity contribution >= 4 is 17.6 Å². The van der Waals surface area contributed by atoms with Crippen molar-refractivity contribution in [3.8, 4) is 0 Å². The van der Waals surface area contributed by atoms with E-state index in [1.165, 1.54) is 0 Å². The minimum Gasteiger partial charge on any atom is -0.383 e.